The van der Waals surface area contributed by atoms with Gasteiger partial charge < -0.3 is 10.1 Å². The third kappa shape index (κ3) is 2.58. The molecule has 1 N–H and O–H groups in total. The van der Waals surface area contributed by atoms with Gasteiger partial charge in [-0.1, -0.05) is 6.07 Å². The average Bonchev–Trinajstić information content (AvgIpc) is 2.41. The number of methoxy groups -OCH3 is 1. The van der Waals surface area contributed by atoms with Crippen molar-refractivity contribution in [2.24, 2.45) is 0 Å². The Balaban J connectivity index is 2.26. The molecule has 3 nitrogen and oxygen atoms in total. The largest absolute Gasteiger partial charge is 0.497 e. The van der Waals surface area contributed by atoms with Crippen molar-refractivity contribution in [2.45, 2.75) is 0 Å². The molecule has 0 aliphatic rings. The topological polar surface area (TPSA) is 45.0 Å². The fourth-order valence-corrected chi connectivity index (χ4v) is 1.55. The summed E-state index contributed by atoms with van der Waals surface area (Å²) in [5.41, 5.74) is 1.53. The summed E-state index contributed by atoms with van der Waals surface area (Å²) in [6.07, 6.45) is 0. The number of hydrogen-bond acceptors (Lipinski definition) is 3. The first kappa shape index (κ1) is 11.9. The molecule has 18 heavy (non-hydrogen) atoms. The molecule has 0 unspecified atom stereocenters. The molecule has 2 rings (SSSR count). The zero-order valence-corrected chi connectivity index (χ0v) is 9.77. The van der Waals surface area contributed by atoms with Gasteiger partial charge in [0.25, 0.3) is 0 Å². The van der Waals surface area contributed by atoms with E-state index < -0.39 is 5.82 Å². The number of ether oxygens (including phenoxy) is 1. The van der Waals surface area contributed by atoms with Crippen molar-refractivity contribution in [2.75, 3.05) is 12.4 Å². The number of nitrogens with one attached hydrogen (secondary N) is 1. The van der Waals surface area contributed by atoms with E-state index in [1.165, 1.54) is 13.2 Å². The Kier molecular flexibility index (Phi) is 3.44. The Morgan fingerprint density at radius 2 is 2.06 bits per heavy atom. The molecule has 0 aromatic heterocycles. The van der Waals surface area contributed by atoms with Crippen LogP contribution in [0.15, 0.2) is 42.5 Å². The van der Waals surface area contributed by atoms with Gasteiger partial charge in [-0.15, -0.1) is 0 Å². The fourth-order valence-electron chi connectivity index (χ4n) is 1.55. The Labute approximate surface area is 104 Å². The second kappa shape index (κ2) is 5.19. The summed E-state index contributed by atoms with van der Waals surface area (Å²) in [5.74, 6) is 0.0561. The Morgan fingerprint density at radius 1 is 1.22 bits per heavy atom. The molecular weight excluding hydrogens is 231 g/mol. The fraction of sp³-hybridized carbons (Fsp3) is 0.0714. The highest BCUT2D eigenvalue weighted by atomic mass is 19.1. The summed E-state index contributed by atoms with van der Waals surface area (Å²) < 4.78 is 18.6. The smallest absolute Gasteiger partial charge is 0.150 e. The molecule has 0 spiro atoms. The number of nitriles is 1. The summed E-state index contributed by atoms with van der Waals surface area (Å²) in [7, 11) is 1.48. The van der Waals surface area contributed by atoms with E-state index in [-0.39, 0.29) is 0 Å². The van der Waals surface area contributed by atoms with E-state index in [9.17, 15) is 4.39 Å². The third-order valence-electron chi connectivity index (χ3n) is 2.45. The molecule has 90 valence electrons. The van der Waals surface area contributed by atoms with Crippen molar-refractivity contribution in [1.82, 2.24) is 0 Å². The van der Waals surface area contributed by atoms with Crippen molar-refractivity contribution < 1.29 is 9.13 Å². The van der Waals surface area contributed by atoms with E-state index in [1.54, 1.807) is 36.4 Å². The summed E-state index contributed by atoms with van der Waals surface area (Å²) in [4.78, 5) is 0. The Bertz CT molecular complexity index is 605. The van der Waals surface area contributed by atoms with E-state index in [4.69, 9.17) is 10.00 Å². The molecule has 4 heteroatoms. The quantitative estimate of drug-likeness (QED) is 0.896. The van der Waals surface area contributed by atoms with Crippen molar-refractivity contribution in [3.05, 3.63) is 53.8 Å². The molecule has 2 aromatic carbocycles. The lowest BCUT2D eigenvalue weighted by Crippen LogP contribution is -1.95. The SMILES string of the molecule is COc1ccc(Nc2cccc(C#N)c2)c(F)c1. The molecular formula is C14H11FN2O. The summed E-state index contributed by atoms with van der Waals surface area (Å²) in [6, 6.07) is 13.4. The van der Waals surface area contributed by atoms with Crippen LogP contribution in [-0.4, -0.2) is 7.11 Å². The lowest BCUT2D eigenvalue weighted by molar-refractivity contribution is 0.411. The van der Waals surface area contributed by atoms with Gasteiger partial charge in [0.2, 0.25) is 0 Å². The van der Waals surface area contributed by atoms with E-state index >= 15 is 0 Å². The van der Waals surface area contributed by atoms with Crippen LogP contribution in [-0.2, 0) is 0 Å². The maximum atomic E-state index is 13.7. The van der Waals surface area contributed by atoms with Crippen molar-refractivity contribution >= 4 is 11.4 Å². The van der Waals surface area contributed by atoms with Crippen LogP contribution in [0.4, 0.5) is 15.8 Å². The number of nitrogens with zero attached hydrogens (tertiary/aromatic N) is 1. The number of hydrogen-bond donors (Lipinski definition) is 1. The summed E-state index contributed by atoms with van der Waals surface area (Å²) >= 11 is 0. The molecule has 0 saturated carbocycles. The van der Waals surface area contributed by atoms with E-state index in [2.05, 4.69) is 5.32 Å². The molecule has 0 radical (unpaired) electrons. The third-order valence-corrected chi connectivity index (χ3v) is 2.45. The van der Waals surface area contributed by atoms with Gasteiger partial charge in [0.05, 0.1) is 24.4 Å². The molecule has 2 aromatic rings. The van der Waals surface area contributed by atoms with Gasteiger partial charge in [-0.3, -0.25) is 0 Å². The maximum Gasteiger partial charge on any atom is 0.150 e. The highest BCUT2D eigenvalue weighted by Crippen LogP contribution is 2.24. The van der Waals surface area contributed by atoms with Gasteiger partial charge in [-0.25, -0.2) is 4.39 Å². The molecule has 0 heterocycles. The number of benzene rings is 2. The predicted octanol–water partition coefficient (Wildman–Crippen LogP) is 3.45. The highest BCUT2D eigenvalue weighted by molar-refractivity contribution is 5.62. The van der Waals surface area contributed by atoms with Crippen LogP contribution >= 0.6 is 0 Å². The standard InChI is InChI=1S/C14H11FN2O/c1-18-12-5-6-14(13(15)8-12)17-11-4-2-3-10(7-11)9-16/h2-8,17H,1H3. The lowest BCUT2D eigenvalue weighted by atomic mass is 10.2. The molecule has 0 aliphatic heterocycles. The van der Waals surface area contributed by atoms with Gasteiger partial charge >= 0.3 is 0 Å². The van der Waals surface area contributed by atoms with Crippen LogP contribution < -0.4 is 10.1 Å². The van der Waals surface area contributed by atoms with Gasteiger partial charge in [-0.2, -0.15) is 5.26 Å². The van der Waals surface area contributed by atoms with Gasteiger partial charge in [0.15, 0.2) is 0 Å². The zero-order valence-electron chi connectivity index (χ0n) is 9.77. The molecule has 0 saturated heterocycles. The first-order valence-corrected chi connectivity index (χ1v) is 5.33. The first-order valence-electron chi connectivity index (χ1n) is 5.33. The first-order chi connectivity index (χ1) is 8.72. The number of rotatable bonds is 3. The maximum absolute atomic E-state index is 13.7. The van der Waals surface area contributed by atoms with Gasteiger partial charge in [-0.05, 0) is 30.3 Å². The second-order valence-electron chi connectivity index (χ2n) is 3.66. The van der Waals surface area contributed by atoms with Crippen LogP contribution in [0.1, 0.15) is 5.56 Å². The minimum absolute atomic E-state index is 0.339. The molecule has 0 amide bonds. The van der Waals surface area contributed by atoms with Crippen molar-refractivity contribution in [3.8, 4) is 11.8 Å². The zero-order chi connectivity index (χ0) is 13.0. The number of halogens is 1. The molecule has 0 atom stereocenters. The van der Waals surface area contributed by atoms with Crippen LogP contribution in [0.3, 0.4) is 0 Å². The predicted molar refractivity (Wildman–Crippen MR) is 67.4 cm³/mol. The normalized spacial score (nSPS) is 9.61. The summed E-state index contributed by atoms with van der Waals surface area (Å²) in [6.45, 7) is 0. The molecule has 0 fully saturated rings. The van der Waals surface area contributed by atoms with Crippen LogP contribution in [0.25, 0.3) is 0 Å². The second-order valence-corrected chi connectivity index (χ2v) is 3.66. The highest BCUT2D eigenvalue weighted by Gasteiger charge is 2.04. The number of anilines is 2. The average molecular weight is 242 g/mol. The van der Waals surface area contributed by atoms with Crippen LogP contribution in [0.2, 0.25) is 0 Å². The molecule has 0 aliphatic carbocycles. The van der Waals surface area contributed by atoms with Crippen LogP contribution in [0, 0.1) is 17.1 Å². The van der Waals surface area contributed by atoms with E-state index in [0.29, 0.717) is 22.7 Å². The summed E-state index contributed by atoms with van der Waals surface area (Å²) in [5, 5.41) is 11.7. The Morgan fingerprint density at radius 3 is 2.72 bits per heavy atom. The van der Waals surface area contributed by atoms with Crippen molar-refractivity contribution in [1.29, 1.82) is 5.26 Å². The Hall–Kier alpha value is -2.54. The van der Waals surface area contributed by atoms with Crippen LogP contribution in [0.5, 0.6) is 5.75 Å². The van der Waals surface area contributed by atoms with Gasteiger partial charge in [0.1, 0.15) is 11.6 Å². The van der Waals surface area contributed by atoms with Crippen molar-refractivity contribution in [3.63, 3.8) is 0 Å². The lowest BCUT2D eigenvalue weighted by Gasteiger charge is -2.09. The van der Waals surface area contributed by atoms with E-state index in [0.717, 1.165) is 0 Å². The van der Waals surface area contributed by atoms with E-state index in [1.807, 2.05) is 6.07 Å². The molecule has 0 bridgehead atoms. The minimum atomic E-state index is -0.406. The minimum Gasteiger partial charge on any atom is -0.497 e. The van der Waals surface area contributed by atoms with Gasteiger partial charge in [0, 0.05) is 11.8 Å². The monoisotopic (exact) mass is 242 g/mol.